The Bertz CT molecular complexity index is 193. The summed E-state index contributed by atoms with van der Waals surface area (Å²) in [5.41, 5.74) is 5.20. The van der Waals surface area contributed by atoms with Crippen molar-refractivity contribution in [1.82, 2.24) is 4.90 Å². The van der Waals surface area contributed by atoms with Crippen LogP contribution in [0.25, 0.3) is 0 Å². The van der Waals surface area contributed by atoms with E-state index in [9.17, 15) is 4.79 Å². The molecule has 0 radical (unpaired) electrons. The fraction of sp³-hybridized carbons (Fsp3) is 0.625. The minimum absolute atomic E-state index is 0.0993. The molecule has 1 aliphatic rings. The van der Waals surface area contributed by atoms with Crippen LogP contribution in [0.1, 0.15) is 0 Å². The third-order valence-corrected chi connectivity index (χ3v) is 2.31. The van der Waals surface area contributed by atoms with E-state index in [2.05, 4.69) is 20.8 Å². The van der Waals surface area contributed by atoms with Crippen molar-refractivity contribution in [2.45, 2.75) is 0 Å². The molecule has 12 heavy (non-hydrogen) atoms. The minimum atomic E-state index is -0.231. The van der Waals surface area contributed by atoms with E-state index in [1.807, 2.05) is 12.2 Å². The van der Waals surface area contributed by atoms with Crippen LogP contribution < -0.4 is 5.73 Å². The van der Waals surface area contributed by atoms with E-state index in [1.54, 1.807) is 0 Å². The van der Waals surface area contributed by atoms with Gasteiger partial charge in [0.05, 0.1) is 5.92 Å². The van der Waals surface area contributed by atoms with E-state index < -0.39 is 0 Å². The smallest absolute Gasteiger partial charge is 0.225 e. The number of nitrogens with zero attached hydrogens (tertiary/aromatic N) is 1. The number of carbonyl (C=O) groups is 1. The largest absolute Gasteiger partial charge is 0.369 e. The number of amides is 1. The first-order valence-electron chi connectivity index (χ1n) is 3.98. The third-order valence-electron chi connectivity index (χ3n) is 1.95. The van der Waals surface area contributed by atoms with Crippen LogP contribution in [0.4, 0.5) is 0 Å². The number of alkyl halides is 1. The van der Waals surface area contributed by atoms with Gasteiger partial charge in [0.1, 0.15) is 0 Å². The van der Waals surface area contributed by atoms with Crippen molar-refractivity contribution >= 4 is 21.8 Å². The summed E-state index contributed by atoms with van der Waals surface area (Å²) in [6.45, 7) is 2.65. The molecular formula is C8H13BrN2O. The third kappa shape index (κ3) is 2.60. The van der Waals surface area contributed by atoms with E-state index >= 15 is 0 Å². The Kier molecular flexibility index (Phi) is 3.75. The second-order valence-electron chi connectivity index (χ2n) is 2.89. The molecule has 1 unspecified atom stereocenters. The Morgan fingerprint density at radius 2 is 2.50 bits per heavy atom. The topological polar surface area (TPSA) is 46.3 Å². The number of carbonyl (C=O) groups excluding carboxylic acids is 1. The van der Waals surface area contributed by atoms with Crippen LogP contribution in [0.2, 0.25) is 0 Å². The van der Waals surface area contributed by atoms with Gasteiger partial charge in [0, 0.05) is 25.0 Å². The molecule has 1 amide bonds. The first kappa shape index (κ1) is 9.74. The maximum Gasteiger partial charge on any atom is 0.225 e. The summed E-state index contributed by atoms with van der Waals surface area (Å²) < 4.78 is 0. The molecule has 0 saturated carbocycles. The van der Waals surface area contributed by atoms with Crippen molar-refractivity contribution in [3.63, 3.8) is 0 Å². The molecule has 0 saturated heterocycles. The maximum atomic E-state index is 10.8. The Hall–Kier alpha value is -0.350. The Morgan fingerprint density at radius 1 is 1.75 bits per heavy atom. The van der Waals surface area contributed by atoms with Gasteiger partial charge in [-0.15, -0.1) is 0 Å². The molecule has 0 spiro atoms. The number of hydrogen-bond acceptors (Lipinski definition) is 2. The highest BCUT2D eigenvalue weighted by Crippen LogP contribution is 2.08. The number of primary amides is 1. The van der Waals surface area contributed by atoms with Crippen LogP contribution >= 0.6 is 15.9 Å². The molecule has 0 aromatic carbocycles. The van der Waals surface area contributed by atoms with E-state index in [0.29, 0.717) is 0 Å². The lowest BCUT2D eigenvalue weighted by Crippen LogP contribution is -2.39. The summed E-state index contributed by atoms with van der Waals surface area (Å²) in [5, 5.41) is 0.937. The molecule has 3 nitrogen and oxygen atoms in total. The van der Waals surface area contributed by atoms with Crippen molar-refractivity contribution in [1.29, 1.82) is 0 Å². The summed E-state index contributed by atoms with van der Waals surface area (Å²) in [6.07, 6.45) is 3.90. The summed E-state index contributed by atoms with van der Waals surface area (Å²) in [5.74, 6) is -0.330. The normalized spacial score (nSPS) is 24.2. The average Bonchev–Trinajstić information content (AvgIpc) is 2.05. The van der Waals surface area contributed by atoms with Gasteiger partial charge in [-0.1, -0.05) is 28.1 Å². The van der Waals surface area contributed by atoms with Gasteiger partial charge in [-0.2, -0.15) is 0 Å². The number of nitrogens with two attached hydrogens (primary N) is 1. The van der Waals surface area contributed by atoms with E-state index in [1.165, 1.54) is 0 Å². The summed E-state index contributed by atoms with van der Waals surface area (Å²) >= 11 is 3.36. The SMILES string of the molecule is NC(=O)C1C=CCN(CCBr)C1. The maximum absolute atomic E-state index is 10.8. The van der Waals surface area contributed by atoms with Crippen molar-refractivity contribution in [3.05, 3.63) is 12.2 Å². The molecule has 1 aliphatic heterocycles. The molecule has 2 N–H and O–H groups in total. The first-order chi connectivity index (χ1) is 5.74. The highest BCUT2D eigenvalue weighted by atomic mass is 79.9. The molecule has 0 aromatic rings. The van der Waals surface area contributed by atoms with E-state index in [0.717, 1.165) is 25.0 Å². The molecule has 1 heterocycles. The molecule has 4 heteroatoms. The fourth-order valence-corrected chi connectivity index (χ4v) is 1.78. The van der Waals surface area contributed by atoms with Crippen LogP contribution in [0.3, 0.4) is 0 Å². The predicted octanol–water partition coefficient (Wildman–Crippen LogP) is 0.355. The molecule has 0 fully saturated rings. The summed E-state index contributed by atoms with van der Waals surface area (Å²) in [6, 6.07) is 0. The molecule has 0 aromatic heterocycles. The Balaban J connectivity index is 2.45. The van der Waals surface area contributed by atoms with Crippen LogP contribution in [0.15, 0.2) is 12.2 Å². The van der Waals surface area contributed by atoms with Gasteiger partial charge in [-0.25, -0.2) is 0 Å². The number of rotatable bonds is 3. The predicted molar refractivity (Wildman–Crippen MR) is 52.1 cm³/mol. The van der Waals surface area contributed by atoms with E-state index in [4.69, 9.17) is 5.73 Å². The van der Waals surface area contributed by atoms with Crippen molar-refractivity contribution in [2.24, 2.45) is 11.7 Å². The van der Waals surface area contributed by atoms with Crippen molar-refractivity contribution < 1.29 is 4.79 Å². The molecule has 0 bridgehead atoms. The van der Waals surface area contributed by atoms with Crippen LogP contribution in [-0.4, -0.2) is 35.8 Å². The van der Waals surface area contributed by atoms with Gasteiger partial charge in [-0.05, 0) is 0 Å². The molecule has 0 aliphatic carbocycles. The quantitative estimate of drug-likeness (QED) is 0.565. The van der Waals surface area contributed by atoms with Crippen molar-refractivity contribution in [3.8, 4) is 0 Å². The number of halogens is 1. The highest BCUT2D eigenvalue weighted by molar-refractivity contribution is 9.09. The van der Waals surface area contributed by atoms with Gasteiger partial charge in [0.25, 0.3) is 0 Å². The van der Waals surface area contributed by atoms with Gasteiger partial charge in [-0.3, -0.25) is 9.69 Å². The highest BCUT2D eigenvalue weighted by Gasteiger charge is 2.18. The minimum Gasteiger partial charge on any atom is -0.369 e. The summed E-state index contributed by atoms with van der Waals surface area (Å²) in [7, 11) is 0. The molecular weight excluding hydrogens is 220 g/mol. The van der Waals surface area contributed by atoms with E-state index in [-0.39, 0.29) is 11.8 Å². The fourth-order valence-electron chi connectivity index (χ4n) is 1.27. The Morgan fingerprint density at radius 3 is 3.08 bits per heavy atom. The Labute approximate surface area is 80.7 Å². The first-order valence-corrected chi connectivity index (χ1v) is 5.10. The lowest BCUT2D eigenvalue weighted by Gasteiger charge is -2.26. The average molecular weight is 233 g/mol. The summed E-state index contributed by atoms with van der Waals surface area (Å²) in [4.78, 5) is 13.0. The standard InChI is InChI=1S/C8H13BrN2O/c9-3-5-11-4-1-2-7(6-11)8(10)12/h1-2,7H,3-6H2,(H2,10,12). The van der Waals surface area contributed by atoms with Gasteiger partial charge in [0.2, 0.25) is 5.91 Å². The van der Waals surface area contributed by atoms with Gasteiger partial charge in [0.15, 0.2) is 0 Å². The second kappa shape index (κ2) is 4.62. The van der Waals surface area contributed by atoms with Crippen LogP contribution in [0, 0.1) is 5.92 Å². The van der Waals surface area contributed by atoms with Crippen molar-refractivity contribution in [2.75, 3.05) is 25.0 Å². The second-order valence-corrected chi connectivity index (χ2v) is 3.68. The lowest BCUT2D eigenvalue weighted by molar-refractivity contribution is -0.121. The van der Waals surface area contributed by atoms with Crippen LogP contribution in [0.5, 0.6) is 0 Å². The zero-order chi connectivity index (χ0) is 8.97. The lowest BCUT2D eigenvalue weighted by atomic mass is 10.1. The van der Waals surface area contributed by atoms with Gasteiger partial charge >= 0.3 is 0 Å². The molecule has 68 valence electrons. The molecule has 1 rings (SSSR count). The monoisotopic (exact) mass is 232 g/mol. The number of hydrogen-bond donors (Lipinski definition) is 1. The molecule has 1 atom stereocenters. The van der Waals surface area contributed by atoms with Crippen LogP contribution in [-0.2, 0) is 4.79 Å². The zero-order valence-corrected chi connectivity index (χ0v) is 8.46. The zero-order valence-electron chi connectivity index (χ0n) is 6.87. The van der Waals surface area contributed by atoms with Gasteiger partial charge < -0.3 is 5.73 Å².